The molecule has 0 aliphatic heterocycles. The van der Waals surface area contributed by atoms with Gasteiger partial charge in [-0.3, -0.25) is 9.78 Å². The van der Waals surface area contributed by atoms with E-state index in [2.05, 4.69) is 15.2 Å². The quantitative estimate of drug-likeness (QED) is 0.489. The van der Waals surface area contributed by atoms with E-state index in [4.69, 9.17) is 4.74 Å². The second-order valence-corrected chi connectivity index (χ2v) is 7.18. The highest BCUT2D eigenvalue weighted by Gasteiger charge is 2.11. The van der Waals surface area contributed by atoms with Crippen LogP contribution in [0.5, 0.6) is 5.75 Å². The molecule has 2 heterocycles. The molecule has 0 unspecified atom stereocenters. The van der Waals surface area contributed by atoms with E-state index in [1.807, 2.05) is 24.3 Å². The second-order valence-electron chi connectivity index (χ2n) is 4.98. The Morgan fingerprint density at radius 2 is 2.00 bits per heavy atom. The lowest BCUT2D eigenvalue weighted by molar-refractivity contribution is 0.101. The second kappa shape index (κ2) is 7.55. The monoisotopic (exact) mass is 357 g/mol. The number of ether oxygens (including phenoxy) is 1. The number of ketones is 1. The summed E-state index contributed by atoms with van der Waals surface area (Å²) in [6.45, 7) is 1.56. The third-order valence-electron chi connectivity index (χ3n) is 3.37. The molecule has 5 nitrogen and oxygen atoms in total. The lowest BCUT2D eigenvalue weighted by Gasteiger charge is -2.08. The number of benzene rings is 1. The number of methoxy groups -OCH3 is 1. The molecular weight excluding hydrogens is 342 g/mol. The average molecular weight is 357 g/mol. The van der Waals surface area contributed by atoms with Crippen LogP contribution in [0.1, 0.15) is 22.8 Å². The molecular formula is C17H15N3O2S2. The zero-order valence-corrected chi connectivity index (χ0v) is 14.9. The summed E-state index contributed by atoms with van der Waals surface area (Å²) in [4.78, 5) is 15.6. The summed E-state index contributed by atoms with van der Waals surface area (Å²) < 4.78 is 6.25. The maximum atomic E-state index is 11.6. The molecule has 2 aromatic heterocycles. The van der Waals surface area contributed by atoms with Gasteiger partial charge in [0.2, 0.25) is 0 Å². The smallest absolute Gasteiger partial charge is 0.174 e. The Balaban J connectivity index is 1.75. The van der Waals surface area contributed by atoms with Crippen molar-refractivity contribution in [1.82, 2.24) is 15.2 Å². The van der Waals surface area contributed by atoms with Crippen molar-refractivity contribution in [2.24, 2.45) is 0 Å². The summed E-state index contributed by atoms with van der Waals surface area (Å²) in [5.74, 6) is 1.47. The van der Waals surface area contributed by atoms with Crippen LogP contribution in [-0.2, 0) is 5.75 Å². The van der Waals surface area contributed by atoms with E-state index in [0.717, 1.165) is 26.2 Å². The molecule has 0 spiro atoms. The first-order valence-corrected chi connectivity index (χ1v) is 9.02. The maximum absolute atomic E-state index is 11.6. The van der Waals surface area contributed by atoms with Crippen molar-refractivity contribution in [2.75, 3.05) is 7.11 Å². The van der Waals surface area contributed by atoms with E-state index in [9.17, 15) is 4.79 Å². The highest BCUT2D eigenvalue weighted by Crippen LogP contribution is 2.33. The van der Waals surface area contributed by atoms with Gasteiger partial charge in [-0.1, -0.05) is 23.1 Å². The van der Waals surface area contributed by atoms with E-state index in [1.54, 1.807) is 44.3 Å². The zero-order chi connectivity index (χ0) is 16.9. The molecule has 0 aliphatic carbocycles. The van der Waals surface area contributed by atoms with Crippen LogP contribution >= 0.6 is 23.1 Å². The molecule has 0 amide bonds. The number of carbonyl (C=O) groups is 1. The summed E-state index contributed by atoms with van der Waals surface area (Å²) in [6.07, 6.45) is 3.48. The van der Waals surface area contributed by atoms with Gasteiger partial charge in [0.25, 0.3) is 0 Å². The number of aromatic nitrogens is 3. The van der Waals surface area contributed by atoms with E-state index in [1.165, 1.54) is 11.3 Å². The third-order valence-corrected chi connectivity index (χ3v) is 5.53. The molecule has 0 radical (unpaired) electrons. The van der Waals surface area contributed by atoms with Gasteiger partial charge in [0, 0.05) is 34.8 Å². The predicted octanol–water partition coefficient (Wildman–Crippen LogP) is 4.10. The van der Waals surface area contributed by atoms with Crippen LogP contribution in [0.2, 0.25) is 0 Å². The highest BCUT2D eigenvalue weighted by atomic mass is 32.2. The van der Waals surface area contributed by atoms with Crippen molar-refractivity contribution >= 4 is 28.9 Å². The molecule has 0 N–H and O–H groups in total. The van der Waals surface area contributed by atoms with Crippen molar-refractivity contribution in [3.8, 4) is 16.3 Å². The van der Waals surface area contributed by atoms with Crippen molar-refractivity contribution in [2.45, 2.75) is 17.0 Å². The van der Waals surface area contributed by atoms with E-state index in [0.29, 0.717) is 11.3 Å². The standard InChI is InChI=1S/C17H15N3O2S2/c1-11(21)13-3-4-15(22-2)14(9-13)10-23-17-20-19-16(24-17)12-5-7-18-8-6-12/h3-9H,10H2,1-2H3. The number of thioether (sulfide) groups is 1. The number of pyridine rings is 1. The fourth-order valence-corrected chi connectivity index (χ4v) is 3.96. The van der Waals surface area contributed by atoms with Gasteiger partial charge in [-0.15, -0.1) is 10.2 Å². The van der Waals surface area contributed by atoms with E-state index in [-0.39, 0.29) is 5.78 Å². The lowest BCUT2D eigenvalue weighted by Crippen LogP contribution is -1.96. The SMILES string of the molecule is COc1ccc(C(C)=O)cc1CSc1nnc(-c2ccncc2)s1. The minimum Gasteiger partial charge on any atom is -0.496 e. The van der Waals surface area contributed by atoms with Crippen LogP contribution in [0.3, 0.4) is 0 Å². The van der Waals surface area contributed by atoms with E-state index < -0.39 is 0 Å². The normalized spacial score (nSPS) is 10.6. The predicted molar refractivity (Wildman–Crippen MR) is 95.7 cm³/mol. The lowest BCUT2D eigenvalue weighted by atomic mass is 10.1. The Labute approximate surface area is 148 Å². The number of hydrogen-bond acceptors (Lipinski definition) is 7. The molecule has 3 rings (SSSR count). The van der Waals surface area contributed by atoms with Crippen LogP contribution in [0, 0.1) is 0 Å². The molecule has 0 saturated heterocycles. The summed E-state index contributed by atoms with van der Waals surface area (Å²) in [7, 11) is 1.63. The van der Waals surface area contributed by atoms with Gasteiger partial charge in [0.05, 0.1) is 7.11 Å². The fraction of sp³-hybridized carbons (Fsp3) is 0.176. The summed E-state index contributed by atoms with van der Waals surface area (Å²) in [6, 6.07) is 9.30. The van der Waals surface area contributed by atoms with E-state index >= 15 is 0 Å². The Hall–Kier alpha value is -2.25. The first-order valence-electron chi connectivity index (χ1n) is 7.22. The Kier molecular flexibility index (Phi) is 5.22. The molecule has 0 aliphatic rings. The molecule has 0 saturated carbocycles. The van der Waals surface area contributed by atoms with Crippen LogP contribution in [0.25, 0.3) is 10.6 Å². The van der Waals surface area contributed by atoms with Crippen molar-refractivity contribution in [3.63, 3.8) is 0 Å². The molecule has 1 aromatic carbocycles. The van der Waals surface area contributed by atoms with Gasteiger partial charge in [-0.2, -0.15) is 0 Å². The van der Waals surface area contributed by atoms with Crippen molar-refractivity contribution < 1.29 is 9.53 Å². The minimum absolute atomic E-state index is 0.0415. The number of carbonyl (C=O) groups excluding carboxylic acids is 1. The third kappa shape index (κ3) is 3.80. The Morgan fingerprint density at radius 3 is 2.71 bits per heavy atom. The molecule has 3 aromatic rings. The number of nitrogens with zero attached hydrogens (tertiary/aromatic N) is 3. The molecule has 0 fully saturated rings. The van der Waals surface area contributed by atoms with Crippen LogP contribution < -0.4 is 4.74 Å². The van der Waals surface area contributed by atoms with Gasteiger partial charge in [-0.05, 0) is 37.3 Å². The van der Waals surface area contributed by atoms with Gasteiger partial charge in [-0.25, -0.2) is 0 Å². The van der Waals surface area contributed by atoms with Gasteiger partial charge < -0.3 is 4.74 Å². The number of hydrogen-bond donors (Lipinski definition) is 0. The fourth-order valence-electron chi connectivity index (χ4n) is 2.13. The molecule has 7 heteroatoms. The number of Topliss-reactive ketones (excluding diaryl/α,β-unsaturated/α-hetero) is 1. The topological polar surface area (TPSA) is 65.0 Å². The molecule has 0 bridgehead atoms. The van der Waals surface area contributed by atoms with Crippen molar-refractivity contribution in [3.05, 3.63) is 53.9 Å². The van der Waals surface area contributed by atoms with Crippen LogP contribution in [0.15, 0.2) is 47.1 Å². The maximum Gasteiger partial charge on any atom is 0.174 e. The van der Waals surface area contributed by atoms with Gasteiger partial charge in [0.15, 0.2) is 10.1 Å². The zero-order valence-electron chi connectivity index (χ0n) is 13.2. The summed E-state index contributed by atoms with van der Waals surface area (Å²) in [5, 5.41) is 9.31. The average Bonchev–Trinajstić information content (AvgIpc) is 3.09. The number of rotatable bonds is 6. The highest BCUT2D eigenvalue weighted by molar-refractivity contribution is 8.00. The first-order chi connectivity index (χ1) is 11.7. The first kappa shape index (κ1) is 16.6. The largest absolute Gasteiger partial charge is 0.496 e. The summed E-state index contributed by atoms with van der Waals surface area (Å²) in [5.41, 5.74) is 2.66. The molecule has 24 heavy (non-hydrogen) atoms. The van der Waals surface area contributed by atoms with Gasteiger partial charge >= 0.3 is 0 Å². The Bertz CT molecular complexity index is 850. The van der Waals surface area contributed by atoms with Gasteiger partial charge in [0.1, 0.15) is 10.8 Å². The van der Waals surface area contributed by atoms with Crippen LogP contribution in [0.4, 0.5) is 0 Å². The molecule has 0 atom stereocenters. The Morgan fingerprint density at radius 1 is 1.21 bits per heavy atom. The summed E-state index contributed by atoms with van der Waals surface area (Å²) >= 11 is 3.11. The van der Waals surface area contributed by atoms with Crippen LogP contribution in [-0.4, -0.2) is 28.1 Å². The van der Waals surface area contributed by atoms with Crippen molar-refractivity contribution in [1.29, 1.82) is 0 Å². The minimum atomic E-state index is 0.0415. The molecule has 122 valence electrons.